The highest BCUT2D eigenvalue weighted by molar-refractivity contribution is 6.33. The number of guanidine groups is 1. The zero-order valence-electron chi connectivity index (χ0n) is 37.7. The van der Waals surface area contributed by atoms with Gasteiger partial charge in [-0.2, -0.15) is 0 Å². The number of nitrogens with two attached hydrogens (primary N) is 2. The van der Waals surface area contributed by atoms with E-state index in [0.29, 0.717) is 44.0 Å². The molecule has 63 heavy (non-hydrogen) atoms. The fraction of sp³-hybridized carbons (Fsp3) is 0.510. The number of benzene rings is 1. The van der Waals surface area contributed by atoms with Crippen LogP contribution < -0.4 is 43.4 Å². The molecule has 3 heterocycles. The highest BCUT2D eigenvalue weighted by atomic mass is 16.7. The molecule has 1 aromatic carbocycles. The molecule has 1 unspecified atom stereocenters. The van der Waals surface area contributed by atoms with Crippen LogP contribution in [-0.2, 0) is 20.7 Å². The van der Waals surface area contributed by atoms with Gasteiger partial charge in [-0.3, -0.25) is 14.6 Å². The SMILES string of the molecule is CCN[C@@H]1C=C2C=CCC[C@H]2C[C@H]1COC(=O)[C@]12O[C@@]1(C/C=C(\C)C[C@@H](NC(N)=NC)C1=CCNC(NCNC)=C1)C(=O)c1cccc(CC(C)(C)CC3=CNC(N)C=C3)c1C2=O. The molecule has 7 atom stereocenters. The summed E-state index contributed by atoms with van der Waals surface area (Å²) >= 11 is 0. The number of esters is 1. The standard InChI is InChI=1S/C49H67N9O5/c1-7-54-38-23-33-12-9-8-11-32(33)22-36(38)28-62-45(61)49-44(60)42-35(26-47(3,4)25-31-15-16-40(50)56-27-31)13-10-14-37(42)43(59)48(49,63-49)19-17-30(2)21-39(58-46(51)53-6)34-18-20-55-41(24-34)57-29-52-5/h9-10,12-18,23-24,27,32,36,38-40,52,54-57H,7-8,11,19-22,25-26,28-29,50H2,1-6H3,(H3,51,53,58)/b30-17+/t32-,36-,38+,39+,40?,48-,49-/m0/s1. The summed E-state index contributed by atoms with van der Waals surface area (Å²) in [7, 11) is 3.49. The molecule has 7 rings (SSSR count). The van der Waals surface area contributed by atoms with Gasteiger partial charge in [0.15, 0.2) is 17.3 Å². The van der Waals surface area contributed by atoms with Crippen LogP contribution in [0.4, 0.5) is 0 Å². The average molecular weight is 862 g/mol. The van der Waals surface area contributed by atoms with Crippen molar-refractivity contribution in [3.05, 3.63) is 118 Å². The summed E-state index contributed by atoms with van der Waals surface area (Å²) < 4.78 is 12.7. The maximum Gasteiger partial charge on any atom is 0.350 e. The van der Waals surface area contributed by atoms with Crippen LogP contribution >= 0.6 is 0 Å². The summed E-state index contributed by atoms with van der Waals surface area (Å²) in [6, 6.07) is 5.13. The first kappa shape index (κ1) is 45.7. The van der Waals surface area contributed by atoms with Gasteiger partial charge in [-0.15, -0.1) is 0 Å². The smallest absolute Gasteiger partial charge is 0.350 e. The maximum absolute atomic E-state index is 15.3. The van der Waals surface area contributed by atoms with E-state index in [-0.39, 0.29) is 65.5 Å². The molecule has 1 saturated heterocycles. The normalized spacial score (nSPS) is 28.2. The zero-order chi connectivity index (χ0) is 44.9. The van der Waals surface area contributed by atoms with Crippen molar-refractivity contribution in [3.63, 3.8) is 0 Å². The first-order valence-corrected chi connectivity index (χ1v) is 22.5. The van der Waals surface area contributed by atoms with Gasteiger partial charge in [0.05, 0.1) is 25.5 Å². The summed E-state index contributed by atoms with van der Waals surface area (Å²) in [4.78, 5) is 49.2. The Labute approximate surface area is 372 Å². The zero-order valence-corrected chi connectivity index (χ0v) is 37.7. The van der Waals surface area contributed by atoms with Crippen LogP contribution in [0.15, 0.2) is 106 Å². The second-order valence-electron chi connectivity index (χ2n) is 18.5. The van der Waals surface area contributed by atoms with Gasteiger partial charge >= 0.3 is 5.97 Å². The number of nitrogens with zero attached hydrogens (tertiary/aromatic N) is 1. The minimum absolute atomic E-state index is 0.00271. The Morgan fingerprint density at radius 3 is 2.76 bits per heavy atom. The molecule has 0 aromatic heterocycles. The van der Waals surface area contributed by atoms with E-state index >= 15 is 9.59 Å². The maximum atomic E-state index is 15.3. The van der Waals surface area contributed by atoms with E-state index in [1.165, 1.54) is 5.57 Å². The molecule has 14 heteroatoms. The molecule has 1 aromatic rings. The lowest BCUT2D eigenvalue weighted by Gasteiger charge is -2.36. The molecule has 10 N–H and O–H groups in total. The Morgan fingerprint density at radius 1 is 1.19 bits per heavy atom. The highest BCUT2D eigenvalue weighted by Gasteiger charge is 2.85. The third-order valence-electron chi connectivity index (χ3n) is 13.2. The van der Waals surface area contributed by atoms with Gasteiger partial charge in [0.25, 0.3) is 5.60 Å². The predicted molar refractivity (Wildman–Crippen MR) is 247 cm³/mol. The van der Waals surface area contributed by atoms with E-state index in [4.69, 9.17) is 20.9 Å². The molecule has 0 radical (unpaired) electrons. The highest BCUT2D eigenvalue weighted by Crippen LogP contribution is 2.59. The molecule has 14 nitrogen and oxygen atoms in total. The van der Waals surface area contributed by atoms with Gasteiger partial charge in [-0.25, -0.2) is 4.79 Å². The number of allylic oxidation sites excluding steroid dienone is 5. The molecule has 338 valence electrons. The van der Waals surface area contributed by atoms with Crippen LogP contribution in [0.5, 0.6) is 0 Å². The monoisotopic (exact) mass is 862 g/mol. The number of hydrogen-bond donors (Lipinski definition) is 8. The fourth-order valence-electron chi connectivity index (χ4n) is 9.97. The Balaban J connectivity index is 1.19. The van der Waals surface area contributed by atoms with Crippen LogP contribution in [0.1, 0.15) is 92.5 Å². The predicted octanol–water partition coefficient (Wildman–Crippen LogP) is 4.06. The van der Waals surface area contributed by atoms with Crippen molar-refractivity contribution in [2.24, 2.45) is 33.7 Å². The van der Waals surface area contributed by atoms with Crippen molar-refractivity contribution in [2.75, 3.05) is 40.5 Å². The van der Waals surface area contributed by atoms with Gasteiger partial charge in [0.1, 0.15) is 5.82 Å². The van der Waals surface area contributed by atoms with E-state index in [1.807, 2.05) is 56.6 Å². The lowest BCUT2D eigenvalue weighted by molar-refractivity contribution is -0.150. The first-order chi connectivity index (χ1) is 30.2. The Morgan fingerprint density at radius 2 is 2.02 bits per heavy atom. The lowest BCUT2D eigenvalue weighted by atomic mass is 9.69. The van der Waals surface area contributed by atoms with Crippen LogP contribution in [0.25, 0.3) is 0 Å². The second kappa shape index (κ2) is 19.2. The third-order valence-corrected chi connectivity index (χ3v) is 13.2. The van der Waals surface area contributed by atoms with Crippen molar-refractivity contribution >= 4 is 23.5 Å². The number of rotatable bonds is 18. The molecule has 0 amide bonds. The van der Waals surface area contributed by atoms with E-state index in [2.05, 4.69) is 82.0 Å². The van der Waals surface area contributed by atoms with Crippen LogP contribution in [-0.4, -0.2) is 93.4 Å². The number of hydrogen-bond acceptors (Lipinski definition) is 12. The fourth-order valence-corrected chi connectivity index (χ4v) is 9.97. The molecule has 0 bridgehead atoms. The van der Waals surface area contributed by atoms with Crippen LogP contribution in [0.2, 0.25) is 0 Å². The minimum atomic E-state index is -2.12. The van der Waals surface area contributed by atoms with E-state index in [0.717, 1.165) is 48.3 Å². The van der Waals surface area contributed by atoms with Crippen molar-refractivity contribution in [3.8, 4) is 0 Å². The molecule has 0 spiro atoms. The molecular formula is C49H67N9O5. The van der Waals surface area contributed by atoms with Crippen molar-refractivity contribution in [2.45, 2.75) is 102 Å². The van der Waals surface area contributed by atoms with Gasteiger partial charge in [-0.1, -0.05) is 81.0 Å². The van der Waals surface area contributed by atoms with Gasteiger partial charge in [0.2, 0.25) is 5.78 Å². The number of ether oxygens (including phenoxy) is 2. The average Bonchev–Trinajstić information content (AvgIpc) is 3.98. The van der Waals surface area contributed by atoms with Crippen LogP contribution in [0, 0.1) is 17.3 Å². The van der Waals surface area contributed by atoms with Gasteiger partial charge in [0, 0.05) is 49.3 Å². The Hall–Kier alpha value is -5.28. The summed E-state index contributed by atoms with van der Waals surface area (Å²) in [5.74, 6) is -0.198. The number of dihydropyridines is 2. The number of aliphatic imine (C=N–C) groups is 1. The molecule has 6 aliphatic rings. The summed E-state index contributed by atoms with van der Waals surface area (Å²) in [6.07, 6.45) is 22.9. The van der Waals surface area contributed by atoms with E-state index < -0.39 is 23.0 Å². The summed E-state index contributed by atoms with van der Waals surface area (Å²) in [5, 5.41) is 19.8. The van der Waals surface area contributed by atoms with E-state index in [1.54, 1.807) is 13.1 Å². The quantitative estimate of drug-likeness (QED) is 0.0200. The number of carbonyl (C=O) groups is 3. The summed E-state index contributed by atoms with van der Waals surface area (Å²) in [6.45, 7) is 10.3. The number of Topliss-reactive ketones (excluding diaryl/α,β-unsaturated/α-hetero) is 2. The van der Waals surface area contributed by atoms with Crippen LogP contribution in [0.3, 0.4) is 0 Å². The molecular weight excluding hydrogens is 795 g/mol. The number of epoxide rings is 1. The number of likely N-dealkylation sites (N-methyl/N-ethyl adjacent to an activating group) is 1. The molecule has 0 saturated carbocycles. The Bertz CT molecular complexity index is 2200. The van der Waals surface area contributed by atoms with Gasteiger partial charge in [-0.05, 0) is 105 Å². The second-order valence-corrected chi connectivity index (χ2v) is 18.5. The first-order valence-electron chi connectivity index (χ1n) is 22.5. The largest absolute Gasteiger partial charge is 0.463 e. The van der Waals surface area contributed by atoms with Crippen molar-refractivity contribution < 1.29 is 23.9 Å². The van der Waals surface area contributed by atoms with Crippen molar-refractivity contribution in [1.29, 1.82) is 0 Å². The molecule has 3 aliphatic heterocycles. The number of fused-ring (bicyclic) bond motifs is 3. The Kier molecular flexibility index (Phi) is 14.0. The minimum Gasteiger partial charge on any atom is -0.463 e. The topological polar surface area (TPSA) is 210 Å². The van der Waals surface area contributed by atoms with Gasteiger partial charge < -0.3 is 52.8 Å². The number of ketones is 2. The van der Waals surface area contributed by atoms with Crippen molar-refractivity contribution in [1.82, 2.24) is 31.9 Å². The number of carbonyl (C=O) groups excluding carboxylic acids is 3. The molecule has 1 fully saturated rings. The number of nitrogens with one attached hydrogen (secondary N) is 6. The summed E-state index contributed by atoms with van der Waals surface area (Å²) in [5.41, 5.74) is 13.5. The van der Waals surface area contributed by atoms with E-state index in [9.17, 15) is 4.79 Å². The lowest BCUT2D eigenvalue weighted by Crippen LogP contribution is -2.51. The third kappa shape index (κ3) is 9.64. The molecule has 3 aliphatic carbocycles.